The average Bonchev–Trinajstić information content (AvgIpc) is 2.43. The number of hydrogen-bond acceptors (Lipinski definition) is 3. The summed E-state index contributed by atoms with van der Waals surface area (Å²) in [7, 11) is 0. The van der Waals surface area contributed by atoms with Crippen molar-refractivity contribution in [3.8, 4) is 0 Å². The Kier molecular flexibility index (Phi) is 6.33. The predicted molar refractivity (Wildman–Crippen MR) is 77.0 cm³/mol. The highest BCUT2D eigenvalue weighted by Gasteiger charge is 2.09. The number of hydrogen-bond donors (Lipinski definition) is 1. The van der Waals surface area contributed by atoms with Gasteiger partial charge in [0.05, 0.1) is 6.61 Å². The molecule has 0 aliphatic rings. The van der Waals surface area contributed by atoms with E-state index in [1.165, 1.54) is 30.3 Å². The third-order valence-electron chi connectivity index (χ3n) is 2.66. The molecule has 4 nitrogen and oxygen atoms in total. The fourth-order valence-electron chi connectivity index (χ4n) is 1.55. The van der Waals surface area contributed by atoms with E-state index in [-0.39, 0.29) is 24.4 Å². The molecule has 0 aliphatic carbocycles. The SMILES string of the molecule is C=C(C)C(=O)OCCCC(=Cc1ccc(F)cc1)C(=O)O. The van der Waals surface area contributed by atoms with Crippen LogP contribution in [0.25, 0.3) is 6.08 Å². The smallest absolute Gasteiger partial charge is 0.333 e. The van der Waals surface area contributed by atoms with Gasteiger partial charge in [-0.2, -0.15) is 0 Å². The fourth-order valence-corrected chi connectivity index (χ4v) is 1.55. The molecule has 0 saturated carbocycles. The first-order valence-electron chi connectivity index (χ1n) is 6.42. The van der Waals surface area contributed by atoms with Crippen LogP contribution < -0.4 is 0 Å². The first-order chi connectivity index (χ1) is 9.90. The molecule has 1 N–H and O–H groups in total. The predicted octanol–water partition coefficient (Wildman–Crippen LogP) is 3.19. The van der Waals surface area contributed by atoms with Gasteiger partial charge in [-0.3, -0.25) is 0 Å². The van der Waals surface area contributed by atoms with Crippen molar-refractivity contribution in [3.05, 3.63) is 53.4 Å². The standard InChI is InChI=1S/C16H17FO4/c1-11(2)16(20)21-9-3-4-13(15(18)19)10-12-5-7-14(17)8-6-12/h5-8,10H,1,3-4,9H2,2H3,(H,18,19). The maximum absolute atomic E-state index is 12.8. The molecule has 0 fully saturated rings. The molecule has 0 radical (unpaired) electrons. The van der Waals surface area contributed by atoms with Crippen molar-refractivity contribution in [2.75, 3.05) is 6.61 Å². The van der Waals surface area contributed by atoms with Crippen molar-refractivity contribution in [2.45, 2.75) is 19.8 Å². The van der Waals surface area contributed by atoms with Crippen LogP contribution in [0.5, 0.6) is 0 Å². The lowest BCUT2D eigenvalue weighted by Gasteiger charge is -2.05. The van der Waals surface area contributed by atoms with E-state index in [1.807, 2.05) is 0 Å². The summed E-state index contributed by atoms with van der Waals surface area (Å²) in [5.41, 5.74) is 1.08. The van der Waals surface area contributed by atoms with Gasteiger partial charge in [-0.05, 0) is 43.5 Å². The van der Waals surface area contributed by atoms with E-state index in [0.29, 0.717) is 17.6 Å². The normalized spacial score (nSPS) is 11.0. The maximum Gasteiger partial charge on any atom is 0.333 e. The number of carboxylic acids is 1. The topological polar surface area (TPSA) is 63.6 Å². The van der Waals surface area contributed by atoms with Crippen LogP contribution in [0.1, 0.15) is 25.3 Å². The van der Waals surface area contributed by atoms with E-state index in [2.05, 4.69) is 6.58 Å². The van der Waals surface area contributed by atoms with E-state index in [0.717, 1.165) is 0 Å². The second-order valence-electron chi connectivity index (χ2n) is 4.55. The van der Waals surface area contributed by atoms with E-state index in [4.69, 9.17) is 9.84 Å². The Bertz CT molecular complexity index is 558. The number of carbonyl (C=O) groups is 2. The molecule has 1 aromatic carbocycles. The van der Waals surface area contributed by atoms with Crippen LogP contribution in [0.4, 0.5) is 4.39 Å². The number of carbonyl (C=O) groups excluding carboxylic acids is 1. The van der Waals surface area contributed by atoms with Gasteiger partial charge in [-0.25, -0.2) is 14.0 Å². The van der Waals surface area contributed by atoms with Crippen LogP contribution in [0.15, 0.2) is 42.0 Å². The van der Waals surface area contributed by atoms with E-state index < -0.39 is 11.9 Å². The Morgan fingerprint density at radius 1 is 1.33 bits per heavy atom. The number of aliphatic carboxylic acids is 1. The Morgan fingerprint density at radius 3 is 2.48 bits per heavy atom. The largest absolute Gasteiger partial charge is 0.478 e. The van der Waals surface area contributed by atoms with Crippen molar-refractivity contribution >= 4 is 18.0 Å². The van der Waals surface area contributed by atoms with Crippen LogP contribution in [0.2, 0.25) is 0 Å². The minimum Gasteiger partial charge on any atom is -0.478 e. The minimum atomic E-state index is -1.05. The van der Waals surface area contributed by atoms with Crippen LogP contribution in [-0.2, 0) is 14.3 Å². The number of ether oxygens (including phenoxy) is 1. The molecule has 5 heteroatoms. The lowest BCUT2D eigenvalue weighted by Crippen LogP contribution is -2.08. The third kappa shape index (κ3) is 6.03. The van der Waals surface area contributed by atoms with Crippen molar-refractivity contribution < 1.29 is 23.8 Å². The summed E-state index contributed by atoms with van der Waals surface area (Å²) in [5, 5.41) is 9.12. The van der Waals surface area contributed by atoms with Gasteiger partial charge in [0.1, 0.15) is 5.82 Å². The van der Waals surface area contributed by atoms with Gasteiger partial charge in [0.25, 0.3) is 0 Å². The van der Waals surface area contributed by atoms with E-state index in [1.54, 1.807) is 6.92 Å². The molecule has 0 heterocycles. The maximum atomic E-state index is 12.8. The van der Waals surface area contributed by atoms with Gasteiger partial charge in [-0.1, -0.05) is 18.7 Å². The molecule has 21 heavy (non-hydrogen) atoms. The van der Waals surface area contributed by atoms with Crippen molar-refractivity contribution in [1.82, 2.24) is 0 Å². The molecule has 0 aliphatic heterocycles. The molecule has 0 saturated heterocycles. The van der Waals surface area contributed by atoms with Gasteiger partial charge >= 0.3 is 11.9 Å². The minimum absolute atomic E-state index is 0.125. The summed E-state index contributed by atoms with van der Waals surface area (Å²) in [6.45, 7) is 5.12. The zero-order valence-electron chi connectivity index (χ0n) is 11.8. The van der Waals surface area contributed by atoms with E-state index in [9.17, 15) is 14.0 Å². The number of esters is 1. The Hall–Kier alpha value is -2.43. The average molecular weight is 292 g/mol. The van der Waals surface area contributed by atoms with Crippen LogP contribution >= 0.6 is 0 Å². The monoisotopic (exact) mass is 292 g/mol. The summed E-state index contributed by atoms with van der Waals surface area (Å²) >= 11 is 0. The highest BCUT2D eigenvalue weighted by atomic mass is 19.1. The highest BCUT2D eigenvalue weighted by molar-refractivity contribution is 5.92. The molecular weight excluding hydrogens is 275 g/mol. The van der Waals surface area contributed by atoms with Gasteiger partial charge < -0.3 is 9.84 Å². The van der Waals surface area contributed by atoms with Crippen LogP contribution in [-0.4, -0.2) is 23.7 Å². The highest BCUT2D eigenvalue weighted by Crippen LogP contribution is 2.13. The first kappa shape index (κ1) is 16.6. The summed E-state index contributed by atoms with van der Waals surface area (Å²) in [6.07, 6.45) is 2.11. The molecule has 0 bridgehead atoms. The summed E-state index contributed by atoms with van der Waals surface area (Å²) in [4.78, 5) is 22.3. The molecule has 112 valence electrons. The summed E-state index contributed by atoms with van der Waals surface area (Å²) < 4.78 is 17.7. The molecule has 0 spiro atoms. The molecule has 0 atom stereocenters. The van der Waals surface area contributed by atoms with E-state index >= 15 is 0 Å². The fraction of sp³-hybridized carbons (Fsp3) is 0.250. The Labute approximate surface area is 122 Å². The van der Waals surface area contributed by atoms with Gasteiger partial charge in [-0.15, -0.1) is 0 Å². The number of benzene rings is 1. The quantitative estimate of drug-likeness (QED) is 0.476. The van der Waals surface area contributed by atoms with Gasteiger partial charge in [0.15, 0.2) is 0 Å². The number of halogens is 1. The Balaban J connectivity index is 2.58. The van der Waals surface area contributed by atoms with Crippen LogP contribution in [0.3, 0.4) is 0 Å². The Morgan fingerprint density at radius 2 is 1.95 bits per heavy atom. The summed E-state index contributed by atoms with van der Waals surface area (Å²) in [6, 6.07) is 5.53. The van der Waals surface area contributed by atoms with Crippen molar-refractivity contribution in [3.63, 3.8) is 0 Å². The molecule has 1 rings (SSSR count). The van der Waals surface area contributed by atoms with Gasteiger partial charge in [0, 0.05) is 11.1 Å². The zero-order chi connectivity index (χ0) is 15.8. The molecule has 0 unspecified atom stereocenters. The third-order valence-corrected chi connectivity index (χ3v) is 2.66. The lowest BCUT2D eigenvalue weighted by atomic mass is 10.1. The molecule has 0 aromatic heterocycles. The molecular formula is C16H17FO4. The number of carboxylic acid groups (broad SMARTS) is 1. The van der Waals surface area contributed by atoms with Crippen molar-refractivity contribution in [1.29, 1.82) is 0 Å². The number of rotatable bonds is 7. The summed E-state index contributed by atoms with van der Waals surface area (Å²) in [5.74, 6) is -1.92. The van der Waals surface area contributed by atoms with Gasteiger partial charge in [0.2, 0.25) is 0 Å². The first-order valence-corrected chi connectivity index (χ1v) is 6.42. The lowest BCUT2D eigenvalue weighted by molar-refractivity contribution is -0.139. The second-order valence-corrected chi connectivity index (χ2v) is 4.55. The van der Waals surface area contributed by atoms with Crippen molar-refractivity contribution in [2.24, 2.45) is 0 Å². The molecule has 0 amide bonds. The second kappa shape index (κ2) is 7.99. The zero-order valence-corrected chi connectivity index (χ0v) is 11.8. The van der Waals surface area contributed by atoms with Crippen LogP contribution in [0, 0.1) is 5.82 Å². The molecule has 1 aromatic rings.